The van der Waals surface area contributed by atoms with Crippen molar-refractivity contribution in [2.75, 3.05) is 26.6 Å². The number of ether oxygens (including phenoxy) is 3. The van der Waals surface area contributed by atoms with Crippen LogP contribution in [-0.4, -0.2) is 38.4 Å². The molecule has 0 unspecified atom stereocenters. The van der Waals surface area contributed by atoms with E-state index in [9.17, 15) is 31.1 Å². The smallest absolute Gasteiger partial charge is 0.416 e. The molecule has 0 saturated heterocycles. The first kappa shape index (κ1) is 26.3. The molecule has 0 fully saturated rings. The summed E-state index contributed by atoms with van der Waals surface area (Å²) in [7, 11) is 3.95. The molecule has 12 heteroatoms. The summed E-state index contributed by atoms with van der Waals surface area (Å²) >= 11 is 0. The molecule has 6 nitrogen and oxygen atoms in total. The minimum Gasteiger partial charge on any atom is -0.493 e. The van der Waals surface area contributed by atoms with Crippen LogP contribution in [0.1, 0.15) is 41.6 Å². The molecular formula is C23H24F6N2O4. The number of hydrogen-bond donors (Lipinski definition) is 1. The van der Waals surface area contributed by atoms with E-state index in [1.54, 1.807) is 12.1 Å². The van der Waals surface area contributed by atoms with Crippen LogP contribution in [0.3, 0.4) is 0 Å². The second-order valence-electron chi connectivity index (χ2n) is 8.10. The van der Waals surface area contributed by atoms with Gasteiger partial charge in [0.1, 0.15) is 0 Å². The summed E-state index contributed by atoms with van der Waals surface area (Å²) in [5.41, 5.74) is -2.13. The van der Waals surface area contributed by atoms with E-state index in [4.69, 9.17) is 14.2 Å². The molecule has 0 spiro atoms. The van der Waals surface area contributed by atoms with Crippen LogP contribution < -0.4 is 14.8 Å². The number of halogens is 6. The van der Waals surface area contributed by atoms with Crippen molar-refractivity contribution in [2.45, 2.75) is 44.3 Å². The van der Waals surface area contributed by atoms with Gasteiger partial charge >= 0.3 is 18.4 Å². The minimum absolute atomic E-state index is 0.0467. The van der Waals surface area contributed by atoms with Gasteiger partial charge in [-0.2, -0.15) is 26.3 Å². The van der Waals surface area contributed by atoms with E-state index in [0.717, 1.165) is 12.0 Å². The summed E-state index contributed by atoms with van der Waals surface area (Å²) in [6.45, 7) is 1.28. The first-order valence-corrected chi connectivity index (χ1v) is 10.4. The third-order valence-corrected chi connectivity index (χ3v) is 5.68. The Hall–Kier alpha value is -3.31. The topological polar surface area (TPSA) is 60.0 Å². The average molecular weight is 506 g/mol. The molecule has 0 radical (unpaired) electrons. The Bertz CT molecular complexity index is 1050. The van der Waals surface area contributed by atoms with Gasteiger partial charge in [-0.1, -0.05) is 0 Å². The van der Waals surface area contributed by atoms with Gasteiger partial charge in [0, 0.05) is 29.9 Å². The van der Waals surface area contributed by atoms with Gasteiger partial charge in [-0.3, -0.25) is 4.90 Å². The zero-order chi connectivity index (χ0) is 26.1. The number of amides is 1. The van der Waals surface area contributed by atoms with Gasteiger partial charge < -0.3 is 19.5 Å². The van der Waals surface area contributed by atoms with Crippen molar-refractivity contribution in [1.29, 1.82) is 0 Å². The zero-order valence-corrected chi connectivity index (χ0v) is 19.3. The van der Waals surface area contributed by atoms with E-state index in [0.29, 0.717) is 41.3 Å². The molecule has 3 rings (SSSR count). The van der Waals surface area contributed by atoms with Gasteiger partial charge in [0.05, 0.1) is 38.5 Å². The number of nitrogens with zero attached hydrogens (tertiary/aromatic N) is 1. The first-order valence-electron chi connectivity index (χ1n) is 10.4. The molecule has 1 amide bonds. The van der Waals surface area contributed by atoms with Crippen molar-refractivity contribution >= 4 is 11.8 Å². The summed E-state index contributed by atoms with van der Waals surface area (Å²) in [4.78, 5) is 13.9. The fourth-order valence-electron chi connectivity index (χ4n) is 4.10. The van der Waals surface area contributed by atoms with Crippen molar-refractivity contribution in [1.82, 2.24) is 4.90 Å². The lowest BCUT2D eigenvalue weighted by Gasteiger charge is -2.38. The number of benzene rings is 2. The maximum atomic E-state index is 13.3. The number of carbonyl (C=O) groups excluding carboxylic acids is 1. The third-order valence-electron chi connectivity index (χ3n) is 5.68. The second-order valence-corrected chi connectivity index (χ2v) is 8.10. The molecule has 2 aromatic rings. The highest BCUT2D eigenvalue weighted by Gasteiger charge is 2.38. The molecule has 1 aliphatic rings. The van der Waals surface area contributed by atoms with Crippen molar-refractivity contribution < 1.29 is 45.3 Å². The van der Waals surface area contributed by atoms with Crippen molar-refractivity contribution in [3.05, 3.63) is 52.6 Å². The highest BCUT2D eigenvalue weighted by Crippen LogP contribution is 2.44. The molecule has 192 valence electrons. The van der Waals surface area contributed by atoms with E-state index in [1.807, 2.05) is 6.92 Å². The number of fused-ring (bicyclic) bond motifs is 1. The normalized spacial score (nSPS) is 17.8. The minimum atomic E-state index is -5.01. The van der Waals surface area contributed by atoms with Gasteiger partial charge in [-0.05, 0) is 43.2 Å². The number of methoxy groups -OCH3 is 3. The largest absolute Gasteiger partial charge is 0.493 e. The lowest BCUT2D eigenvalue weighted by molar-refractivity contribution is -0.143. The van der Waals surface area contributed by atoms with Crippen LogP contribution in [-0.2, 0) is 23.6 Å². The molecular weight excluding hydrogens is 482 g/mol. The van der Waals surface area contributed by atoms with E-state index >= 15 is 0 Å². The molecule has 0 saturated carbocycles. The number of carbonyl (C=O) groups is 1. The molecule has 0 aromatic heterocycles. The molecule has 2 aromatic carbocycles. The van der Waals surface area contributed by atoms with Crippen LogP contribution >= 0.6 is 0 Å². The van der Waals surface area contributed by atoms with Crippen LogP contribution in [0, 0.1) is 0 Å². The van der Waals surface area contributed by atoms with Gasteiger partial charge in [0.2, 0.25) is 0 Å². The lowest BCUT2D eigenvalue weighted by atomic mass is 9.91. The van der Waals surface area contributed by atoms with Crippen LogP contribution in [0.25, 0.3) is 0 Å². The molecule has 35 heavy (non-hydrogen) atoms. The van der Waals surface area contributed by atoms with E-state index in [1.165, 1.54) is 14.2 Å². The van der Waals surface area contributed by atoms with Crippen LogP contribution in [0.15, 0.2) is 30.3 Å². The Morgan fingerprint density at radius 3 is 1.97 bits per heavy atom. The summed E-state index contributed by atoms with van der Waals surface area (Å²) in [5.74, 6) is 0.750. The lowest BCUT2D eigenvalue weighted by Crippen LogP contribution is -2.40. The number of anilines is 1. The fourth-order valence-corrected chi connectivity index (χ4v) is 4.10. The Morgan fingerprint density at radius 2 is 1.49 bits per heavy atom. The Balaban J connectivity index is 2.12. The molecule has 2 atom stereocenters. The van der Waals surface area contributed by atoms with Gasteiger partial charge in [0.25, 0.3) is 0 Å². The molecule has 1 heterocycles. The summed E-state index contributed by atoms with van der Waals surface area (Å²) in [5, 5.41) is 3.24. The standard InChI is InChI=1S/C23H24F6N2O4/c1-12-5-18(16-9-19(33-2)20(34-3)10-17(16)30-12)31(21(32)35-4)11-13-6-14(22(24,25)26)8-15(7-13)23(27,28)29/h6-10,12,18,30H,5,11H2,1-4H3/t12-,18+/m0/s1. The first-order chi connectivity index (χ1) is 16.3. The van der Waals surface area contributed by atoms with Crippen LogP contribution in [0.5, 0.6) is 11.5 Å². The number of nitrogens with one attached hydrogen (secondary N) is 1. The molecule has 0 aliphatic carbocycles. The maximum Gasteiger partial charge on any atom is 0.416 e. The third kappa shape index (κ3) is 5.68. The highest BCUT2D eigenvalue weighted by atomic mass is 19.4. The van der Waals surface area contributed by atoms with Crippen LogP contribution in [0.2, 0.25) is 0 Å². The molecule has 1 N–H and O–H groups in total. The van der Waals surface area contributed by atoms with Gasteiger partial charge in [-0.25, -0.2) is 4.79 Å². The Kier molecular flexibility index (Phi) is 7.32. The van der Waals surface area contributed by atoms with Crippen LogP contribution in [0.4, 0.5) is 36.8 Å². The van der Waals surface area contributed by atoms with Crippen molar-refractivity contribution in [3.8, 4) is 11.5 Å². The Labute approximate surface area is 197 Å². The summed E-state index contributed by atoms with van der Waals surface area (Å²) in [6.07, 6.45) is -10.6. The summed E-state index contributed by atoms with van der Waals surface area (Å²) < 4.78 is 95.6. The Morgan fingerprint density at radius 1 is 0.943 bits per heavy atom. The predicted octanol–water partition coefficient (Wildman–Crippen LogP) is 6.26. The summed E-state index contributed by atoms with van der Waals surface area (Å²) in [6, 6.07) is 3.59. The maximum absolute atomic E-state index is 13.3. The number of alkyl halides is 6. The number of rotatable bonds is 5. The predicted molar refractivity (Wildman–Crippen MR) is 114 cm³/mol. The highest BCUT2D eigenvalue weighted by molar-refractivity contribution is 5.71. The fraction of sp³-hybridized carbons (Fsp3) is 0.435. The molecule has 1 aliphatic heterocycles. The monoisotopic (exact) mass is 506 g/mol. The molecule has 0 bridgehead atoms. The van der Waals surface area contributed by atoms with Crippen molar-refractivity contribution in [3.63, 3.8) is 0 Å². The van der Waals surface area contributed by atoms with E-state index < -0.39 is 42.2 Å². The number of hydrogen-bond acceptors (Lipinski definition) is 5. The van der Waals surface area contributed by atoms with Gasteiger partial charge in [-0.15, -0.1) is 0 Å². The van der Waals surface area contributed by atoms with Gasteiger partial charge in [0.15, 0.2) is 11.5 Å². The average Bonchev–Trinajstić information content (AvgIpc) is 2.79. The quantitative estimate of drug-likeness (QED) is 0.486. The SMILES string of the molecule is COC(=O)N(Cc1cc(C(F)(F)F)cc(C(F)(F)F)c1)[C@@H]1C[C@H](C)Nc2cc(OC)c(OC)cc21. The van der Waals surface area contributed by atoms with Crippen molar-refractivity contribution in [2.24, 2.45) is 0 Å². The van der Waals surface area contributed by atoms with E-state index in [2.05, 4.69) is 5.32 Å². The second kappa shape index (κ2) is 9.74. The van der Waals surface area contributed by atoms with E-state index in [-0.39, 0.29) is 17.7 Å². The zero-order valence-electron chi connectivity index (χ0n) is 19.3.